The van der Waals surface area contributed by atoms with E-state index < -0.39 is 0 Å². The van der Waals surface area contributed by atoms with Crippen molar-refractivity contribution in [2.75, 3.05) is 6.54 Å². The topological polar surface area (TPSA) is 61.9 Å². The number of nitrogens with zero attached hydrogens (tertiary/aromatic N) is 3. The summed E-state index contributed by atoms with van der Waals surface area (Å²) in [5.74, 6) is 1.05. The second-order valence-corrected chi connectivity index (χ2v) is 6.29. The average molecular weight is 290 g/mol. The Labute approximate surface area is 122 Å². The van der Waals surface area contributed by atoms with Gasteiger partial charge in [0.1, 0.15) is 5.82 Å². The van der Waals surface area contributed by atoms with E-state index in [-0.39, 0.29) is 11.9 Å². The van der Waals surface area contributed by atoms with Crippen LogP contribution in [-0.2, 0) is 11.2 Å². The van der Waals surface area contributed by atoms with Gasteiger partial charge in [0, 0.05) is 23.8 Å². The molecule has 0 aliphatic carbocycles. The average Bonchev–Trinajstić information content (AvgIpc) is 3.09. The Kier molecular flexibility index (Phi) is 3.56. The van der Waals surface area contributed by atoms with Crippen molar-refractivity contribution in [3.05, 3.63) is 33.8 Å². The van der Waals surface area contributed by atoms with Gasteiger partial charge in [0.25, 0.3) is 0 Å². The second-order valence-electron chi connectivity index (χ2n) is 5.23. The first-order chi connectivity index (χ1) is 9.63. The molecule has 5 nitrogen and oxygen atoms in total. The van der Waals surface area contributed by atoms with E-state index in [4.69, 9.17) is 0 Å². The van der Waals surface area contributed by atoms with Crippen molar-refractivity contribution in [3.63, 3.8) is 0 Å². The van der Waals surface area contributed by atoms with Crippen LogP contribution in [0.3, 0.4) is 0 Å². The van der Waals surface area contributed by atoms with Gasteiger partial charge in [-0.3, -0.25) is 4.79 Å². The Morgan fingerprint density at radius 3 is 3.05 bits per heavy atom. The van der Waals surface area contributed by atoms with E-state index in [1.165, 1.54) is 0 Å². The Hall–Kier alpha value is -1.69. The molecular weight excluding hydrogens is 272 g/mol. The van der Waals surface area contributed by atoms with Crippen LogP contribution in [0.1, 0.15) is 41.1 Å². The summed E-state index contributed by atoms with van der Waals surface area (Å²) in [6, 6.07) is 0.0935. The number of likely N-dealkylation sites (tertiary alicyclic amines) is 1. The summed E-state index contributed by atoms with van der Waals surface area (Å²) in [5.41, 5.74) is 1.91. The number of thiazole rings is 1. The number of hydrogen-bond acceptors (Lipinski definition) is 4. The molecule has 1 saturated heterocycles. The third-order valence-corrected chi connectivity index (χ3v) is 4.43. The molecule has 0 bridgehead atoms. The normalized spacial score (nSPS) is 18.7. The zero-order chi connectivity index (χ0) is 14.1. The van der Waals surface area contributed by atoms with Crippen molar-refractivity contribution in [2.24, 2.45) is 0 Å². The van der Waals surface area contributed by atoms with Crippen molar-refractivity contribution < 1.29 is 4.79 Å². The summed E-state index contributed by atoms with van der Waals surface area (Å²) in [6.07, 6.45) is 4.22. The number of aromatic nitrogens is 3. The molecule has 1 atom stereocenters. The molecule has 2 aromatic rings. The molecule has 1 aliphatic rings. The predicted octanol–water partition coefficient (Wildman–Crippen LogP) is 2.39. The summed E-state index contributed by atoms with van der Waals surface area (Å²) >= 11 is 1.59. The van der Waals surface area contributed by atoms with E-state index in [2.05, 4.69) is 15.0 Å². The third kappa shape index (κ3) is 2.60. The minimum atomic E-state index is 0.0935. The lowest BCUT2D eigenvalue weighted by molar-refractivity contribution is -0.131. The van der Waals surface area contributed by atoms with Gasteiger partial charge >= 0.3 is 0 Å². The van der Waals surface area contributed by atoms with E-state index in [0.717, 1.165) is 41.6 Å². The summed E-state index contributed by atoms with van der Waals surface area (Å²) in [7, 11) is 0. The number of nitrogens with one attached hydrogen (secondary N) is 1. The summed E-state index contributed by atoms with van der Waals surface area (Å²) in [6.45, 7) is 4.75. The van der Waals surface area contributed by atoms with Crippen LogP contribution in [0.2, 0.25) is 0 Å². The van der Waals surface area contributed by atoms with Crippen LogP contribution in [0.15, 0.2) is 11.6 Å². The van der Waals surface area contributed by atoms with E-state index in [0.29, 0.717) is 6.42 Å². The van der Waals surface area contributed by atoms with Gasteiger partial charge in [0.2, 0.25) is 5.91 Å². The van der Waals surface area contributed by atoms with Crippen molar-refractivity contribution in [2.45, 2.75) is 39.2 Å². The van der Waals surface area contributed by atoms with Gasteiger partial charge in [-0.2, -0.15) is 0 Å². The first-order valence-corrected chi connectivity index (χ1v) is 7.73. The Morgan fingerprint density at radius 2 is 2.40 bits per heavy atom. The molecule has 1 fully saturated rings. The van der Waals surface area contributed by atoms with Crippen LogP contribution in [-0.4, -0.2) is 32.3 Å². The minimum absolute atomic E-state index is 0.0935. The quantitative estimate of drug-likeness (QED) is 0.944. The lowest BCUT2D eigenvalue weighted by atomic mass is 10.2. The highest BCUT2D eigenvalue weighted by atomic mass is 32.1. The highest BCUT2D eigenvalue weighted by Gasteiger charge is 2.31. The number of carbonyl (C=O) groups is 1. The molecule has 1 amide bonds. The SMILES string of the molecule is Cc1cnc(C2CCCN2C(=O)Cc2csc(C)n2)[nH]1. The molecule has 1 aliphatic heterocycles. The zero-order valence-corrected chi connectivity index (χ0v) is 12.5. The van der Waals surface area contributed by atoms with Crippen molar-refractivity contribution >= 4 is 17.2 Å². The fourth-order valence-corrected chi connectivity index (χ4v) is 3.31. The molecular formula is C14H18N4OS. The number of aryl methyl sites for hydroxylation is 2. The minimum Gasteiger partial charge on any atom is -0.344 e. The summed E-state index contributed by atoms with van der Waals surface area (Å²) < 4.78 is 0. The Morgan fingerprint density at radius 1 is 1.55 bits per heavy atom. The van der Waals surface area contributed by atoms with Crippen LogP contribution in [0, 0.1) is 13.8 Å². The van der Waals surface area contributed by atoms with Crippen molar-refractivity contribution in [1.29, 1.82) is 0 Å². The molecule has 1 unspecified atom stereocenters. The second kappa shape index (κ2) is 5.36. The smallest absolute Gasteiger partial charge is 0.229 e. The predicted molar refractivity (Wildman–Crippen MR) is 77.6 cm³/mol. The number of rotatable bonds is 3. The summed E-state index contributed by atoms with van der Waals surface area (Å²) in [4.78, 5) is 26.4. The van der Waals surface area contributed by atoms with E-state index in [1.807, 2.05) is 30.3 Å². The number of hydrogen-bond donors (Lipinski definition) is 1. The number of H-pyrrole nitrogens is 1. The summed E-state index contributed by atoms with van der Waals surface area (Å²) in [5, 5.41) is 2.97. The maximum absolute atomic E-state index is 12.5. The monoisotopic (exact) mass is 290 g/mol. The molecule has 0 spiro atoms. The van der Waals surface area contributed by atoms with Gasteiger partial charge in [-0.15, -0.1) is 11.3 Å². The zero-order valence-electron chi connectivity index (χ0n) is 11.7. The number of aromatic amines is 1. The van der Waals surface area contributed by atoms with Gasteiger partial charge in [-0.05, 0) is 26.7 Å². The van der Waals surface area contributed by atoms with Gasteiger partial charge < -0.3 is 9.88 Å². The van der Waals surface area contributed by atoms with E-state index in [1.54, 1.807) is 11.3 Å². The molecule has 0 saturated carbocycles. The molecule has 0 aromatic carbocycles. The Bertz CT molecular complexity index is 618. The van der Waals surface area contributed by atoms with E-state index >= 15 is 0 Å². The van der Waals surface area contributed by atoms with Gasteiger partial charge in [0.05, 0.1) is 23.2 Å². The van der Waals surface area contributed by atoms with Crippen LogP contribution in [0.5, 0.6) is 0 Å². The largest absolute Gasteiger partial charge is 0.344 e. The standard InChI is InChI=1S/C14H18N4OS/c1-9-7-15-14(16-9)12-4-3-5-18(12)13(19)6-11-8-20-10(2)17-11/h7-8,12H,3-6H2,1-2H3,(H,15,16). The van der Waals surface area contributed by atoms with Crippen LogP contribution in [0.25, 0.3) is 0 Å². The molecule has 2 aromatic heterocycles. The molecule has 20 heavy (non-hydrogen) atoms. The van der Waals surface area contributed by atoms with Crippen molar-refractivity contribution in [1.82, 2.24) is 19.9 Å². The van der Waals surface area contributed by atoms with Crippen LogP contribution >= 0.6 is 11.3 Å². The molecule has 3 rings (SSSR count). The van der Waals surface area contributed by atoms with E-state index in [9.17, 15) is 4.79 Å². The molecule has 106 valence electrons. The van der Waals surface area contributed by atoms with Crippen LogP contribution < -0.4 is 0 Å². The fourth-order valence-electron chi connectivity index (χ4n) is 2.70. The highest BCUT2D eigenvalue weighted by molar-refractivity contribution is 7.09. The van der Waals surface area contributed by atoms with Gasteiger partial charge in [-0.1, -0.05) is 0 Å². The van der Waals surface area contributed by atoms with Crippen LogP contribution in [0.4, 0.5) is 0 Å². The first-order valence-electron chi connectivity index (χ1n) is 6.85. The first kappa shape index (κ1) is 13.3. The fraction of sp³-hybridized carbons (Fsp3) is 0.500. The van der Waals surface area contributed by atoms with Gasteiger partial charge in [0.15, 0.2) is 0 Å². The lowest BCUT2D eigenvalue weighted by Crippen LogP contribution is -2.32. The number of carbonyl (C=O) groups excluding carboxylic acids is 1. The number of imidazole rings is 1. The van der Waals surface area contributed by atoms with Gasteiger partial charge in [-0.25, -0.2) is 9.97 Å². The lowest BCUT2D eigenvalue weighted by Gasteiger charge is -2.22. The number of amides is 1. The molecule has 0 radical (unpaired) electrons. The highest BCUT2D eigenvalue weighted by Crippen LogP contribution is 2.30. The molecule has 3 heterocycles. The van der Waals surface area contributed by atoms with Crippen molar-refractivity contribution in [3.8, 4) is 0 Å². The third-order valence-electron chi connectivity index (χ3n) is 3.61. The molecule has 6 heteroatoms. The maximum atomic E-state index is 12.5. The molecule has 1 N–H and O–H groups in total. The maximum Gasteiger partial charge on any atom is 0.229 e. The Balaban J connectivity index is 1.73.